The fourth-order valence-electron chi connectivity index (χ4n) is 3.47. The van der Waals surface area contributed by atoms with Gasteiger partial charge in [0.05, 0.1) is 6.10 Å². The van der Waals surface area contributed by atoms with Gasteiger partial charge in [0.2, 0.25) is 5.91 Å². The number of amides is 1. The maximum atomic E-state index is 12.6. The lowest BCUT2D eigenvalue weighted by Crippen LogP contribution is -2.41. The standard InChI is InChI=1S/C23H30N4O2.HI/c1-2-24-23(25-14-12-21(28)19-9-4-3-5-10-19)26-16-22(29)27-15-13-18-8-6-7-11-20(18)17-27;/h3-11,21,28H,2,12-17H2,1H3,(H2,24,25,26);1H. The van der Waals surface area contributed by atoms with Gasteiger partial charge in [-0.1, -0.05) is 54.6 Å². The molecule has 6 nitrogen and oxygen atoms in total. The second-order valence-corrected chi connectivity index (χ2v) is 7.17. The average Bonchev–Trinajstić information content (AvgIpc) is 2.77. The fraction of sp³-hybridized carbons (Fsp3) is 0.391. The molecule has 0 fully saturated rings. The van der Waals surface area contributed by atoms with Crippen molar-refractivity contribution in [3.63, 3.8) is 0 Å². The van der Waals surface area contributed by atoms with Gasteiger partial charge in [0.15, 0.2) is 5.96 Å². The van der Waals surface area contributed by atoms with E-state index in [2.05, 4.69) is 27.8 Å². The molecule has 0 saturated heterocycles. The summed E-state index contributed by atoms with van der Waals surface area (Å²) in [6.45, 7) is 4.75. The Hall–Kier alpha value is -2.13. The predicted octanol–water partition coefficient (Wildman–Crippen LogP) is 2.87. The third-order valence-electron chi connectivity index (χ3n) is 5.09. The Balaban J connectivity index is 0.00000320. The molecule has 3 N–H and O–H groups in total. The van der Waals surface area contributed by atoms with Crippen LogP contribution in [0.2, 0.25) is 0 Å². The van der Waals surface area contributed by atoms with Crippen molar-refractivity contribution in [2.45, 2.75) is 32.4 Å². The van der Waals surface area contributed by atoms with Crippen LogP contribution in [-0.4, -0.2) is 48.1 Å². The lowest BCUT2D eigenvalue weighted by molar-refractivity contribution is -0.130. The minimum absolute atomic E-state index is 0. The Morgan fingerprint density at radius 3 is 2.53 bits per heavy atom. The van der Waals surface area contributed by atoms with Gasteiger partial charge in [-0.05, 0) is 36.5 Å². The van der Waals surface area contributed by atoms with Crippen LogP contribution in [0.25, 0.3) is 0 Å². The molecule has 1 atom stereocenters. The van der Waals surface area contributed by atoms with E-state index < -0.39 is 6.10 Å². The summed E-state index contributed by atoms with van der Waals surface area (Å²) in [4.78, 5) is 18.9. The highest BCUT2D eigenvalue weighted by atomic mass is 127. The summed E-state index contributed by atoms with van der Waals surface area (Å²) in [5.74, 6) is 0.625. The Kier molecular flexibility index (Phi) is 10.1. The molecule has 0 bridgehead atoms. The van der Waals surface area contributed by atoms with Crippen LogP contribution in [0.3, 0.4) is 0 Å². The minimum Gasteiger partial charge on any atom is -0.388 e. The summed E-state index contributed by atoms with van der Waals surface area (Å²) >= 11 is 0. The molecule has 1 aliphatic heterocycles. The van der Waals surface area contributed by atoms with Crippen LogP contribution < -0.4 is 10.6 Å². The molecule has 0 radical (unpaired) electrons. The Morgan fingerprint density at radius 1 is 1.10 bits per heavy atom. The smallest absolute Gasteiger partial charge is 0.244 e. The fourth-order valence-corrected chi connectivity index (χ4v) is 3.47. The number of halogens is 1. The van der Waals surface area contributed by atoms with E-state index in [1.807, 2.05) is 54.3 Å². The predicted molar refractivity (Wildman–Crippen MR) is 131 cm³/mol. The average molecular weight is 522 g/mol. The zero-order valence-electron chi connectivity index (χ0n) is 17.4. The minimum atomic E-state index is -0.526. The number of hydrogen-bond donors (Lipinski definition) is 3. The summed E-state index contributed by atoms with van der Waals surface area (Å²) in [5, 5.41) is 16.6. The normalized spacial score (nSPS) is 14.3. The number of carbonyl (C=O) groups is 1. The van der Waals surface area contributed by atoms with Crippen LogP contribution >= 0.6 is 24.0 Å². The molecule has 0 spiro atoms. The van der Waals surface area contributed by atoms with Crippen LogP contribution in [0.4, 0.5) is 0 Å². The number of fused-ring (bicyclic) bond motifs is 1. The van der Waals surface area contributed by atoms with E-state index in [4.69, 9.17) is 0 Å². The van der Waals surface area contributed by atoms with Gasteiger partial charge in [-0.25, -0.2) is 4.99 Å². The van der Waals surface area contributed by atoms with Crippen LogP contribution in [0.1, 0.15) is 36.1 Å². The number of nitrogens with one attached hydrogen (secondary N) is 2. The monoisotopic (exact) mass is 522 g/mol. The second-order valence-electron chi connectivity index (χ2n) is 7.17. The number of hydrogen-bond acceptors (Lipinski definition) is 3. The summed E-state index contributed by atoms with van der Waals surface area (Å²) in [6.07, 6.45) is 0.925. The number of benzene rings is 2. The van der Waals surface area contributed by atoms with Crippen molar-refractivity contribution in [3.8, 4) is 0 Å². The molecule has 1 aliphatic rings. The van der Waals surface area contributed by atoms with Gasteiger partial charge in [-0.2, -0.15) is 0 Å². The molecule has 3 rings (SSSR count). The van der Waals surface area contributed by atoms with Crippen molar-refractivity contribution in [1.29, 1.82) is 0 Å². The molecule has 1 heterocycles. The van der Waals surface area contributed by atoms with E-state index in [1.165, 1.54) is 11.1 Å². The van der Waals surface area contributed by atoms with Gasteiger partial charge in [0.1, 0.15) is 6.54 Å². The first kappa shape index (κ1) is 24.1. The molecule has 1 unspecified atom stereocenters. The highest BCUT2D eigenvalue weighted by Gasteiger charge is 2.20. The molecule has 30 heavy (non-hydrogen) atoms. The van der Waals surface area contributed by atoms with Crippen molar-refractivity contribution in [1.82, 2.24) is 15.5 Å². The van der Waals surface area contributed by atoms with Gasteiger partial charge in [0, 0.05) is 26.2 Å². The SMILES string of the molecule is CCNC(=NCC(=O)N1CCc2ccccc2C1)NCCC(O)c1ccccc1.I. The zero-order valence-corrected chi connectivity index (χ0v) is 19.7. The maximum Gasteiger partial charge on any atom is 0.244 e. The highest BCUT2D eigenvalue weighted by Crippen LogP contribution is 2.18. The first-order valence-corrected chi connectivity index (χ1v) is 10.3. The number of aliphatic hydroxyl groups excluding tert-OH is 1. The quantitative estimate of drug-likeness (QED) is 0.297. The topological polar surface area (TPSA) is 77.0 Å². The van der Waals surface area contributed by atoms with E-state index in [0.29, 0.717) is 32.0 Å². The lowest BCUT2D eigenvalue weighted by Gasteiger charge is -2.28. The molecule has 0 aliphatic carbocycles. The largest absolute Gasteiger partial charge is 0.388 e. The summed E-state index contributed by atoms with van der Waals surface area (Å²) < 4.78 is 0. The van der Waals surface area contributed by atoms with Crippen molar-refractivity contribution in [2.24, 2.45) is 4.99 Å². The molecule has 7 heteroatoms. The molecule has 2 aromatic rings. The van der Waals surface area contributed by atoms with Crippen LogP contribution in [0.15, 0.2) is 59.6 Å². The maximum absolute atomic E-state index is 12.6. The highest BCUT2D eigenvalue weighted by molar-refractivity contribution is 14.0. The number of aliphatic imine (C=N–C) groups is 1. The third kappa shape index (κ3) is 6.98. The molecule has 0 aromatic heterocycles. The lowest BCUT2D eigenvalue weighted by atomic mass is 10.00. The van der Waals surface area contributed by atoms with E-state index in [0.717, 1.165) is 18.5 Å². The first-order chi connectivity index (χ1) is 14.2. The molecular formula is C23H31IN4O2. The van der Waals surface area contributed by atoms with Crippen molar-refractivity contribution in [2.75, 3.05) is 26.2 Å². The number of aliphatic hydroxyl groups is 1. The van der Waals surface area contributed by atoms with Gasteiger partial charge in [0.25, 0.3) is 0 Å². The van der Waals surface area contributed by atoms with Crippen molar-refractivity contribution < 1.29 is 9.90 Å². The molecule has 0 saturated carbocycles. The number of nitrogens with zero attached hydrogens (tertiary/aromatic N) is 2. The molecular weight excluding hydrogens is 491 g/mol. The van der Waals surface area contributed by atoms with Crippen molar-refractivity contribution in [3.05, 3.63) is 71.3 Å². The number of guanidine groups is 1. The Morgan fingerprint density at radius 2 is 1.80 bits per heavy atom. The van der Waals surface area contributed by atoms with Gasteiger partial charge in [-0.3, -0.25) is 4.79 Å². The van der Waals surface area contributed by atoms with Crippen LogP contribution in [0, 0.1) is 0 Å². The summed E-state index contributed by atoms with van der Waals surface area (Å²) in [7, 11) is 0. The zero-order chi connectivity index (χ0) is 20.5. The Bertz CT molecular complexity index is 829. The third-order valence-corrected chi connectivity index (χ3v) is 5.09. The van der Waals surface area contributed by atoms with E-state index >= 15 is 0 Å². The molecule has 1 amide bonds. The van der Waals surface area contributed by atoms with Gasteiger partial charge < -0.3 is 20.6 Å². The summed E-state index contributed by atoms with van der Waals surface area (Å²) in [5.41, 5.74) is 3.44. The molecule has 162 valence electrons. The molecule has 2 aromatic carbocycles. The van der Waals surface area contributed by atoms with E-state index in [9.17, 15) is 9.90 Å². The van der Waals surface area contributed by atoms with Gasteiger partial charge in [-0.15, -0.1) is 24.0 Å². The Labute approximate surface area is 195 Å². The summed E-state index contributed by atoms with van der Waals surface area (Å²) in [6, 6.07) is 17.9. The number of rotatable bonds is 7. The first-order valence-electron chi connectivity index (χ1n) is 10.3. The second kappa shape index (κ2) is 12.5. The van der Waals surface area contributed by atoms with E-state index in [1.54, 1.807) is 0 Å². The van der Waals surface area contributed by atoms with Crippen molar-refractivity contribution >= 4 is 35.8 Å². The van der Waals surface area contributed by atoms with Crippen LogP contribution in [-0.2, 0) is 17.8 Å². The van der Waals surface area contributed by atoms with Crippen LogP contribution in [0.5, 0.6) is 0 Å². The van der Waals surface area contributed by atoms with E-state index in [-0.39, 0.29) is 36.4 Å². The number of carbonyl (C=O) groups excluding carboxylic acids is 1. The van der Waals surface area contributed by atoms with Gasteiger partial charge >= 0.3 is 0 Å².